The predicted octanol–water partition coefficient (Wildman–Crippen LogP) is 2.07. The van der Waals surface area contributed by atoms with Crippen molar-refractivity contribution in [2.45, 2.75) is 10.6 Å². The number of sulfonamides is 1. The smallest absolute Gasteiger partial charge is 0.252 e. The summed E-state index contributed by atoms with van der Waals surface area (Å²) in [5.74, 6) is -0.430. The number of likely N-dealkylation sites (N-methyl/N-ethyl adjacent to an activating group) is 1. The standard InChI is InChI=1S/C15H15N3O3S2/c1-18(23(20,21)15-3-2-10-22-15)11-14(19)17-13-6-4-12(5-7-13)8-9-16/h2-7,10H,8,11H2,1H3,(H,17,19). The van der Waals surface area contributed by atoms with Crippen molar-refractivity contribution < 1.29 is 13.2 Å². The number of amides is 1. The van der Waals surface area contributed by atoms with Crippen LogP contribution in [0.15, 0.2) is 46.0 Å². The lowest BCUT2D eigenvalue weighted by Crippen LogP contribution is -2.34. The van der Waals surface area contributed by atoms with E-state index in [0.717, 1.165) is 21.2 Å². The van der Waals surface area contributed by atoms with Crippen LogP contribution in [0.3, 0.4) is 0 Å². The first-order valence-electron chi connectivity index (χ1n) is 6.69. The first-order valence-corrected chi connectivity index (χ1v) is 9.01. The Morgan fingerprint density at radius 2 is 2.00 bits per heavy atom. The largest absolute Gasteiger partial charge is 0.325 e. The third kappa shape index (κ3) is 4.39. The van der Waals surface area contributed by atoms with Crippen molar-refractivity contribution in [2.75, 3.05) is 18.9 Å². The maximum atomic E-state index is 12.2. The molecule has 0 aliphatic carbocycles. The summed E-state index contributed by atoms with van der Waals surface area (Å²) in [7, 11) is -2.28. The number of benzene rings is 1. The Bertz CT molecular complexity index is 807. The lowest BCUT2D eigenvalue weighted by atomic mass is 10.1. The predicted molar refractivity (Wildman–Crippen MR) is 88.5 cm³/mol. The second kappa shape index (κ2) is 7.37. The van der Waals surface area contributed by atoms with Crippen LogP contribution in [0.2, 0.25) is 0 Å². The van der Waals surface area contributed by atoms with E-state index in [-0.39, 0.29) is 10.8 Å². The van der Waals surface area contributed by atoms with Crippen molar-refractivity contribution in [3.8, 4) is 6.07 Å². The van der Waals surface area contributed by atoms with E-state index in [9.17, 15) is 13.2 Å². The molecule has 1 N–H and O–H groups in total. The van der Waals surface area contributed by atoms with E-state index >= 15 is 0 Å². The highest BCUT2D eigenvalue weighted by Crippen LogP contribution is 2.19. The lowest BCUT2D eigenvalue weighted by Gasteiger charge is -2.15. The molecule has 0 radical (unpaired) electrons. The zero-order chi connectivity index (χ0) is 16.9. The SMILES string of the molecule is CN(CC(=O)Nc1ccc(CC#N)cc1)S(=O)(=O)c1cccs1. The maximum absolute atomic E-state index is 12.2. The minimum atomic E-state index is -3.64. The first-order chi connectivity index (χ1) is 10.9. The van der Waals surface area contributed by atoms with Gasteiger partial charge in [-0.25, -0.2) is 8.42 Å². The molecule has 6 nitrogen and oxygen atoms in total. The van der Waals surface area contributed by atoms with Gasteiger partial charge in [0.05, 0.1) is 19.0 Å². The molecule has 0 fully saturated rings. The molecule has 2 rings (SSSR count). The van der Waals surface area contributed by atoms with Gasteiger partial charge in [0.15, 0.2) is 0 Å². The summed E-state index contributed by atoms with van der Waals surface area (Å²) in [4.78, 5) is 12.0. The second-order valence-corrected chi connectivity index (χ2v) is 7.99. The van der Waals surface area contributed by atoms with Crippen LogP contribution in [0.5, 0.6) is 0 Å². The van der Waals surface area contributed by atoms with Gasteiger partial charge in [0, 0.05) is 12.7 Å². The highest BCUT2D eigenvalue weighted by molar-refractivity contribution is 7.91. The highest BCUT2D eigenvalue weighted by atomic mass is 32.2. The molecule has 1 aromatic heterocycles. The van der Waals surface area contributed by atoms with Crippen LogP contribution in [0.1, 0.15) is 5.56 Å². The molecule has 0 bridgehead atoms. The van der Waals surface area contributed by atoms with Gasteiger partial charge in [0.25, 0.3) is 10.0 Å². The van der Waals surface area contributed by atoms with Gasteiger partial charge >= 0.3 is 0 Å². The van der Waals surface area contributed by atoms with Crippen LogP contribution in [0.4, 0.5) is 5.69 Å². The van der Waals surface area contributed by atoms with Crippen LogP contribution < -0.4 is 5.32 Å². The molecule has 0 aliphatic heterocycles. The highest BCUT2D eigenvalue weighted by Gasteiger charge is 2.23. The maximum Gasteiger partial charge on any atom is 0.252 e. The molecular formula is C15H15N3O3S2. The van der Waals surface area contributed by atoms with Gasteiger partial charge in [0.1, 0.15) is 4.21 Å². The fraction of sp³-hybridized carbons (Fsp3) is 0.200. The van der Waals surface area contributed by atoms with Gasteiger partial charge in [-0.05, 0) is 29.1 Å². The van der Waals surface area contributed by atoms with Gasteiger partial charge in [0.2, 0.25) is 5.91 Å². The molecule has 0 saturated heterocycles. The van der Waals surface area contributed by atoms with E-state index in [1.54, 1.807) is 35.7 Å². The number of nitriles is 1. The average molecular weight is 349 g/mol. The number of anilines is 1. The molecular weight excluding hydrogens is 334 g/mol. The minimum absolute atomic E-state index is 0.202. The third-order valence-electron chi connectivity index (χ3n) is 3.05. The summed E-state index contributed by atoms with van der Waals surface area (Å²) in [5, 5.41) is 12.9. The Labute approximate surface area is 139 Å². The Kier molecular flexibility index (Phi) is 5.50. The normalized spacial score (nSPS) is 11.2. The molecule has 23 heavy (non-hydrogen) atoms. The summed E-state index contributed by atoms with van der Waals surface area (Å²) in [5.41, 5.74) is 1.40. The van der Waals surface area contributed by atoms with Crippen molar-refractivity contribution in [2.24, 2.45) is 0 Å². The summed E-state index contributed by atoms with van der Waals surface area (Å²) in [6.07, 6.45) is 0.302. The van der Waals surface area contributed by atoms with E-state index in [2.05, 4.69) is 5.32 Å². The monoisotopic (exact) mass is 349 g/mol. The van der Waals surface area contributed by atoms with Crippen LogP contribution in [0.25, 0.3) is 0 Å². The Morgan fingerprint density at radius 3 is 2.57 bits per heavy atom. The Hall–Kier alpha value is -2.21. The van der Waals surface area contributed by atoms with Crippen LogP contribution in [0, 0.1) is 11.3 Å². The summed E-state index contributed by atoms with van der Waals surface area (Å²) in [6.45, 7) is -0.278. The number of carbonyl (C=O) groups excluding carboxylic acids is 1. The fourth-order valence-corrected chi connectivity index (χ4v) is 4.18. The fourth-order valence-electron chi connectivity index (χ4n) is 1.85. The first kappa shape index (κ1) is 17.1. The van der Waals surface area contributed by atoms with Crippen LogP contribution >= 0.6 is 11.3 Å². The summed E-state index contributed by atoms with van der Waals surface area (Å²) in [6, 6.07) is 12.0. The number of nitrogens with one attached hydrogen (secondary N) is 1. The zero-order valence-corrected chi connectivity index (χ0v) is 14.0. The molecule has 0 unspecified atom stereocenters. The molecule has 0 saturated carbocycles. The van der Waals surface area contributed by atoms with Crippen molar-refractivity contribution in [3.63, 3.8) is 0 Å². The second-order valence-electron chi connectivity index (χ2n) is 4.77. The minimum Gasteiger partial charge on any atom is -0.325 e. The molecule has 2 aromatic rings. The summed E-state index contributed by atoms with van der Waals surface area (Å²) >= 11 is 1.11. The van der Waals surface area contributed by atoms with Crippen LogP contribution in [-0.4, -0.2) is 32.2 Å². The molecule has 1 amide bonds. The third-order valence-corrected chi connectivity index (χ3v) is 6.22. The Balaban J connectivity index is 1.98. The van der Waals surface area contributed by atoms with E-state index in [0.29, 0.717) is 12.1 Å². The summed E-state index contributed by atoms with van der Waals surface area (Å²) < 4.78 is 25.7. The number of hydrogen-bond donors (Lipinski definition) is 1. The number of nitrogens with zero attached hydrogens (tertiary/aromatic N) is 2. The van der Waals surface area contributed by atoms with Crippen molar-refractivity contribution in [1.29, 1.82) is 5.26 Å². The molecule has 8 heteroatoms. The average Bonchev–Trinajstić information content (AvgIpc) is 3.04. The number of hydrogen-bond acceptors (Lipinski definition) is 5. The molecule has 0 spiro atoms. The molecule has 1 heterocycles. The van der Waals surface area contributed by atoms with Gasteiger partial charge in [-0.1, -0.05) is 18.2 Å². The zero-order valence-electron chi connectivity index (χ0n) is 12.4. The molecule has 0 aliphatic rings. The molecule has 1 aromatic carbocycles. The van der Waals surface area contributed by atoms with Gasteiger partial charge in [-0.3, -0.25) is 4.79 Å². The van der Waals surface area contributed by atoms with Crippen molar-refractivity contribution >= 4 is 33.0 Å². The van der Waals surface area contributed by atoms with E-state index in [1.165, 1.54) is 13.1 Å². The van der Waals surface area contributed by atoms with Gasteiger partial charge in [-0.15, -0.1) is 11.3 Å². The Morgan fingerprint density at radius 1 is 1.30 bits per heavy atom. The van der Waals surface area contributed by atoms with E-state index < -0.39 is 15.9 Å². The number of thiophene rings is 1. The van der Waals surface area contributed by atoms with Crippen molar-refractivity contribution in [1.82, 2.24) is 4.31 Å². The van der Waals surface area contributed by atoms with E-state index in [4.69, 9.17) is 5.26 Å². The lowest BCUT2D eigenvalue weighted by molar-refractivity contribution is -0.116. The molecule has 0 atom stereocenters. The quantitative estimate of drug-likeness (QED) is 0.864. The van der Waals surface area contributed by atoms with Crippen LogP contribution in [-0.2, 0) is 21.2 Å². The van der Waals surface area contributed by atoms with E-state index in [1.807, 2.05) is 6.07 Å². The number of rotatable bonds is 6. The molecule has 120 valence electrons. The topological polar surface area (TPSA) is 90.3 Å². The number of carbonyl (C=O) groups is 1. The van der Waals surface area contributed by atoms with Gasteiger partial charge < -0.3 is 5.32 Å². The van der Waals surface area contributed by atoms with Gasteiger partial charge in [-0.2, -0.15) is 9.57 Å². The van der Waals surface area contributed by atoms with Crippen molar-refractivity contribution in [3.05, 3.63) is 47.3 Å².